The summed E-state index contributed by atoms with van der Waals surface area (Å²) >= 11 is 0. The van der Waals surface area contributed by atoms with Crippen LogP contribution in [0, 0.1) is 0 Å². The summed E-state index contributed by atoms with van der Waals surface area (Å²) in [6.45, 7) is 2.04. The molecule has 29 heavy (non-hydrogen) atoms. The highest BCUT2D eigenvalue weighted by molar-refractivity contribution is 5.94. The lowest BCUT2D eigenvalue weighted by Crippen LogP contribution is -2.27. The average molecular weight is 395 g/mol. The van der Waals surface area contributed by atoms with Crippen LogP contribution < -0.4 is 9.47 Å². The number of carbonyl (C=O) groups excluding carboxylic acids is 2. The van der Waals surface area contributed by atoms with Gasteiger partial charge in [0.1, 0.15) is 6.61 Å². The Morgan fingerprint density at radius 1 is 1.00 bits per heavy atom. The number of hydrogen-bond donors (Lipinski definition) is 0. The summed E-state index contributed by atoms with van der Waals surface area (Å²) in [5.74, 6) is 0.834. The molecule has 3 rings (SSSR count). The lowest BCUT2D eigenvalue weighted by Gasteiger charge is -2.15. The van der Waals surface area contributed by atoms with Crippen LogP contribution in [0.2, 0.25) is 0 Å². The molecule has 1 amide bonds. The van der Waals surface area contributed by atoms with Gasteiger partial charge in [-0.3, -0.25) is 4.79 Å². The first-order chi connectivity index (χ1) is 14.1. The van der Waals surface area contributed by atoms with Gasteiger partial charge in [-0.2, -0.15) is 0 Å². The molecule has 1 aliphatic heterocycles. The number of carbonyl (C=O) groups is 2. The second-order valence-corrected chi connectivity index (χ2v) is 6.75. The molecule has 0 radical (unpaired) electrons. The summed E-state index contributed by atoms with van der Waals surface area (Å²) in [5, 5.41) is 0. The van der Waals surface area contributed by atoms with Gasteiger partial charge in [-0.1, -0.05) is 18.2 Å². The molecule has 1 heterocycles. The van der Waals surface area contributed by atoms with E-state index < -0.39 is 5.97 Å². The van der Waals surface area contributed by atoms with E-state index in [0.717, 1.165) is 37.1 Å². The van der Waals surface area contributed by atoms with Crippen LogP contribution in [0.3, 0.4) is 0 Å². The van der Waals surface area contributed by atoms with Crippen molar-refractivity contribution in [2.24, 2.45) is 0 Å². The predicted octanol–water partition coefficient (Wildman–Crippen LogP) is 3.70. The maximum atomic E-state index is 12.4. The number of likely N-dealkylation sites (tertiary alicyclic amines) is 1. The lowest BCUT2D eigenvalue weighted by atomic mass is 10.1. The molecule has 0 saturated carbocycles. The standard InChI is InChI=1S/C23H25NO5/c1-27-21-15-17(8-12-22(25)28-2)7-11-20(21)29-16-18-5-9-19(10-6-18)23(26)24-13-3-4-14-24/h5-12,15H,3-4,13-14,16H2,1-2H3/b12-8+. The van der Waals surface area contributed by atoms with Crippen LogP contribution in [0.1, 0.15) is 34.3 Å². The van der Waals surface area contributed by atoms with Gasteiger partial charge in [-0.15, -0.1) is 0 Å². The zero-order valence-corrected chi connectivity index (χ0v) is 16.7. The Labute approximate surface area is 170 Å². The summed E-state index contributed by atoms with van der Waals surface area (Å²) in [7, 11) is 2.90. The highest BCUT2D eigenvalue weighted by Crippen LogP contribution is 2.29. The Morgan fingerprint density at radius 2 is 1.72 bits per heavy atom. The zero-order chi connectivity index (χ0) is 20.6. The Bertz CT molecular complexity index is 883. The van der Waals surface area contributed by atoms with Crippen molar-refractivity contribution < 1.29 is 23.8 Å². The molecule has 0 atom stereocenters. The van der Waals surface area contributed by atoms with Crippen molar-refractivity contribution in [1.29, 1.82) is 0 Å². The summed E-state index contributed by atoms with van der Waals surface area (Å²) in [4.78, 5) is 25.5. The SMILES string of the molecule is COC(=O)/C=C/c1ccc(OCc2ccc(C(=O)N3CCCC3)cc2)c(OC)c1. The molecule has 152 valence electrons. The molecular weight excluding hydrogens is 370 g/mol. The lowest BCUT2D eigenvalue weighted by molar-refractivity contribution is -0.134. The number of esters is 1. The Morgan fingerprint density at radius 3 is 2.38 bits per heavy atom. The Hall–Kier alpha value is -3.28. The van der Waals surface area contributed by atoms with Crippen molar-refractivity contribution in [3.63, 3.8) is 0 Å². The van der Waals surface area contributed by atoms with Gasteiger partial charge in [0.2, 0.25) is 0 Å². The van der Waals surface area contributed by atoms with Crippen molar-refractivity contribution in [3.05, 3.63) is 65.2 Å². The molecule has 2 aromatic rings. The first-order valence-corrected chi connectivity index (χ1v) is 9.56. The van der Waals surface area contributed by atoms with E-state index in [0.29, 0.717) is 23.7 Å². The third kappa shape index (κ3) is 5.38. The van der Waals surface area contributed by atoms with Gasteiger partial charge in [0.25, 0.3) is 5.91 Å². The van der Waals surface area contributed by atoms with Crippen LogP contribution in [0.5, 0.6) is 11.5 Å². The van der Waals surface area contributed by atoms with Gasteiger partial charge < -0.3 is 19.1 Å². The van der Waals surface area contributed by atoms with Crippen molar-refractivity contribution in [2.75, 3.05) is 27.3 Å². The predicted molar refractivity (Wildman–Crippen MR) is 110 cm³/mol. The van der Waals surface area contributed by atoms with Crippen molar-refractivity contribution in [2.45, 2.75) is 19.4 Å². The highest BCUT2D eigenvalue weighted by Gasteiger charge is 2.19. The minimum absolute atomic E-state index is 0.0900. The molecule has 2 aromatic carbocycles. The number of ether oxygens (including phenoxy) is 3. The number of amides is 1. The van der Waals surface area contributed by atoms with Crippen LogP contribution in [-0.4, -0.2) is 44.1 Å². The van der Waals surface area contributed by atoms with Crippen LogP contribution in [0.4, 0.5) is 0 Å². The molecule has 0 aliphatic carbocycles. The van der Waals surface area contributed by atoms with Crippen LogP contribution in [-0.2, 0) is 16.1 Å². The van der Waals surface area contributed by atoms with E-state index in [1.54, 1.807) is 25.3 Å². The molecule has 0 unspecified atom stereocenters. The quantitative estimate of drug-likeness (QED) is 0.528. The van der Waals surface area contributed by atoms with Gasteiger partial charge >= 0.3 is 5.97 Å². The first kappa shape index (κ1) is 20.5. The number of nitrogens with zero attached hydrogens (tertiary/aromatic N) is 1. The molecule has 1 saturated heterocycles. The summed E-state index contributed by atoms with van der Waals surface area (Å²) in [6.07, 6.45) is 5.15. The van der Waals surface area contributed by atoms with Crippen molar-refractivity contribution >= 4 is 18.0 Å². The van der Waals surface area contributed by atoms with Gasteiger partial charge in [-0.25, -0.2) is 4.79 Å². The van der Waals surface area contributed by atoms with E-state index >= 15 is 0 Å². The second-order valence-electron chi connectivity index (χ2n) is 6.75. The van der Waals surface area contributed by atoms with E-state index in [4.69, 9.17) is 9.47 Å². The first-order valence-electron chi connectivity index (χ1n) is 9.56. The number of benzene rings is 2. The fraction of sp³-hybridized carbons (Fsp3) is 0.304. The smallest absolute Gasteiger partial charge is 0.330 e. The summed E-state index contributed by atoms with van der Waals surface area (Å²) < 4.78 is 15.9. The summed E-state index contributed by atoms with van der Waals surface area (Å²) in [5.41, 5.74) is 2.46. The molecule has 0 bridgehead atoms. The van der Waals surface area contributed by atoms with Crippen LogP contribution >= 0.6 is 0 Å². The van der Waals surface area contributed by atoms with E-state index in [1.165, 1.54) is 13.2 Å². The third-order valence-electron chi connectivity index (χ3n) is 4.79. The number of hydrogen-bond acceptors (Lipinski definition) is 5. The minimum atomic E-state index is -0.420. The minimum Gasteiger partial charge on any atom is -0.493 e. The third-order valence-corrected chi connectivity index (χ3v) is 4.79. The molecule has 6 heteroatoms. The maximum absolute atomic E-state index is 12.4. The Kier molecular flexibility index (Phi) is 6.89. The van der Waals surface area contributed by atoms with E-state index in [2.05, 4.69) is 4.74 Å². The van der Waals surface area contributed by atoms with Gasteiger partial charge in [0.15, 0.2) is 11.5 Å². The van der Waals surface area contributed by atoms with Crippen LogP contribution in [0.15, 0.2) is 48.5 Å². The molecule has 1 aliphatic rings. The van der Waals surface area contributed by atoms with E-state index in [1.807, 2.05) is 35.2 Å². The Balaban J connectivity index is 1.62. The average Bonchev–Trinajstić information content (AvgIpc) is 3.31. The maximum Gasteiger partial charge on any atom is 0.330 e. The molecule has 1 fully saturated rings. The topological polar surface area (TPSA) is 65.1 Å². The number of methoxy groups -OCH3 is 2. The van der Waals surface area contributed by atoms with E-state index in [-0.39, 0.29) is 5.91 Å². The van der Waals surface area contributed by atoms with Crippen molar-refractivity contribution in [1.82, 2.24) is 4.90 Å². The zero-order valence-electron chi connectivity index (χ0n) is 16.7. The molecule has 0 aromatic heterocycles. The second kappa shape index (κ2) is 9.78. The van der Waals surface area contributed by atoms with Crippen molar-refractivity contribution in [3.8, 4) is 11.5 Å². The normalized spacial score (nSPS) is 13.5. The number of rotatable bonds is 7. The largest absolute Gasteiger partial charge is 0.493 e. The molecular formula is C23H25NO5. The molecule has 0 N–H and O–H groups in total. The van der Waals surface area contributed by atoms with Gasteiger partial charge in [0, 0.05) is 24.7 Å². The highest BCUT2D eigenvalue weighted by atomic mass is 16.5. The van der Waals surface area contributed by atoms with E-state index in [9.17, 15) is 9.59 Å². The molecule has 6 nitrogen and oxygen atoms in total. The van der Waals surface area contributed by atoms with Crippen LogP contribution in [0.25, 0.3) is 6.08 Å². The summed E-state index contributed by atoms with van der Waals surface area (Å²) in [6, 6.07) is 12.9. The monoisotopic (exact) mass is 395 g/mol. The molecule has 0 spiro atoms. The fourth-order valence-corrected chi connectivity index (χ4v) is 3.15. The van der Waals surface area contributed by atoms with Gasteiger partial charge in [-0.05, 0) is 54.3 Å². The fourth-order valence-electron chi connectivity index (χ4n) is 3.15. The van der Waals surface area contributed by atoms with Gasteiger partial charge in [0.05, 0.1) is 14.2 Å².